The molecule has 1 heterocycles. The molecule has 0 saturated heterocycles. The lowest BCUT2D eigenvalue weighted by molar-refractivity contribution is 0.487. The maximum absolute atomic E-state index is 6.63. The van der Waals surface area contributed by atoms with Gasteiger partial charge in [-0.3, -0.25) is 0 Å². The SMILES string of the molecule is c1ccc(-c2cc3cccc4c3c(c2-c2c3ccccc3c(-c3ccc5c6ccccc6c6ccccc6c5c3)c3ccccc23)-c2ccccc2O4)cc1. The molecule has 0 radical (unpaired) electrons. The largest absolute Gasteiger partial charge is 0.456 e. The van der Waals surface area contributed by atoms with Gasteiger partial charge in [-0.05, 0) is 117 Å². The van der Waals surface area contributed by atoms with Gasteiger partial charge in [0.1, 0.15) is 11.5 Å². The number of hydrogen-bond acceptors (Lipinski definition) is 1. The van der Waals surface area contributed by atoms with Crippen LogP contribution in [0.25, 0.3) is 109 Å². The number of benzene rings is 11. The van der Waals surface area contributed by atoms with Crippen LogP contribution in [0.4, 0.5) is 0 Å². The van der Waals surface area contributed by atoms with E-state index in [4.69, 9.17) is 4.74 Å². The molecule has 1 aliphatic rings. The average molecular weight is 697 g/mol. The summed E-state index contributed by atoms with van der Waals surface area (Å²) < 4.78 is 6.63. The van der Waals surface area contributed by atoms with E-state index in [9.17, 15) is 0 Å². The molecule has 1 heteroatoms. The lowest BCUT2D eigenvalue weighted by Crippen LogP contribution is -2.01. The molecule has 254 valence electrons. The molecule has 11 aromatic rings. The Balaban J connectivity index is 1.25. The van der Waals surface area contributed by atoms with E-state index < -0.39 is 0 Å². The first-order valence-electron chi connectivity index (χ1n) is 19.0. The molecule has 0 unspecified atom stereocenters. The number of ether oxygens (including phenoxy) is 1. The van der Waals surface area contributed by atoms with Crippen molar-refractivity contribution in [1.29, 1.82) is 0 Å². The molecule has 0 amide bonds. The maximum Gasteiger partial charge on any atom is 0.135 e. The quantitative estimate of drug-likeness (QED) is 0.132. The highest BCUT2D eigenvalue weighted by atomic mass is 16.5. The van der Waals surface area contributed by atoms with Gasteiger partial charge in [0.15, 0.2) is 0 Å². The van der Waals surface area contributed by atoms with Crippen molar-refractivity contribution in [2.75, 3.05) is 0 Å². The normalized spacial score (nSPS) is 12.1. The Morgan fingerprint density at radius 2 is 0.764 bits per heavy atom. The van der Waals surface area contributed by atoms with Crippen molar-refractivity contribution in [2.24, 2.45) is 0 Å². The Labute approximate surface area is 318 Å². The first-order valence-corrected chi connectivity index (χ1v) is 19.0. The molecule has 0 fully saturated rings. The Morgan fingerprint density at radius 3 is 1.42 bits per heavy atom. The van der Waals surface area contributed by atoms with Crippen molar-refractivity contribution in [1.82, 2.24) is 0 Å². The first-order chi connectivity index (χ1) is 27.3. The third-order valence-electron chi connectivity index (χ3n) is 11.8. The van der Waals surface area contributed by atoms with Crippen LogP contribution >= 0.6 is 0 Å². The van der Waals surface area contributed by atoms with Gasteiger partial charge in [-0.15, -0.1) is 0 Å². The van der Waals surface area contributed by atoms with E-state index in [0.29, 0.717) is 0 Å². The smallest absolute Gasteiger partial charge is 0.135 e. The molecule has 0 atom stereocenters. The molecule has 0 bridgehead atoms. The summed E-state index contributed by atoms with van der Waals surface area (Å²) in [6.45, 7) is 0. The Hall–Kier alpha value is -7.22. The molecule has 1 nitrogen and oxygen atoms in total. The van der Waals surface area contributed by atoms with Gasteiger partial charge in [0, 0.05) is 16.5 Å². The molecule has 11 aromatic carbocycles. The van der Waals surface area contributed by atoms with E-state index in [0.717, 1.165) is 22.4 Å². The van der Waals surface area contributed by atoms with E-state index >= 15 is 0 Å². The van der Waals surface area contributed by atoms with Crippen molar-refractivity contribution in [3.63, 3.8) is 0 Å². The highest BCUT2D eigenvalue weighted by molar-refractivity contribution is 6.29. The number of fused-ring (bicyclic) bond motifs is 10. The van der Waals surface area contributed by atoms with E-state index in [-0.39, 0.29) is 0 Å². The number of para-hydroxylation sites is 1. The van der Waals surface area contributed by atoms with E-state index in [1.807, 2.05) is 0 Å². The zero-order valence-electron chi connectivity index (χ0n) is 29.9. The maximum atomic E-state index is 6.63. The van der Waals surface area contributed by atoms with Crippen LogP contribution in [0.2, 0.25) is 0 Å². The monoisotopic (exact) mass is 696 g/mol. The summed E-state index contributed by atoms with van der Waals surface area (Å²) in [5.41, 5.74) is 9.70. The highest BCUT2D eigenvalue weighted by Gasteiger charge is 2.29. The third-order valence-corrected chi connectivity index (χ3v) is 11.8. The van der Waals surface area contributed by atoms with Crippen molar-refractivity contribution in [3.05, 3.63) is 194 Å². The summed E-state index contributed by atoms with van der Waals surface area (Å²) in [6, 6.07) is 71.1. The second-order valence-electron chi connectivity index (χ2n) is 14.7. The van der Waals surface area contributed by atoms with Crippen molar-refractivity contribution in [3.8, 4) is 56.0 Å². The van der Waals surface area contributed by atoms with Crippen LogP contribution in [-0.2, 0) is 0 Å². The van der Waals surface area contributed by atoms with Gasteiger partial charge < -0.3 is 4.74 Å². The predicted octanol–water partition coefficient (Wildman–Crippen LogP) is 15.4. The zero-order chi connectivity index (χ0) is 36.0. The summed E-state index contributed by atoms with van der Waals surface area (Å²) in [6.07, 6.45) is 0. The van der Waals surface area contributed by atoms with Gasteiger partial charge in [-0.1, -0.05) is 170 Å². The summed E-state index contributed by atoms with van der Waals surface area (Å²) in [4.78, 5) is 0. The van der Waals surface area contributed by atoms with Crippen LogP contribution in [0, 0.1) is 0 Å². The first kappa shape index (κ1) is 30.3. The van der Waals surface area contributed by atoms with E-state index in [2.05, 4.69) is 194 Å². The molecule has 55 heavy (non-hydrogen) atoms. The number of hydrogen-bond donors (Lipinski definition) is 0. The van der Waals surface area contributed by atoms with E-state index in [1.165, 1.54) is 98.2 Å². The highest BCUT2D eigenvalue weighted by Crippen LogP contribution is 2.56. The molecule has 0 spiro atoms. The van der Waals surface area contributed by atoms with Crippen molar-refractivity contribution in [2.45, 2.75) is 0 Å². The second kappa shape index (κ2) is 11.6. The van der Waals surface area contributed by atoms with Gasteiger partial charge >= 0.3 is 0 Å². The standard InChI is InChI=1S/C54H32O/c1-2-15-33(16-3-1)46-31-34-17-14-28-49-51(34)53(45-26-12-13-27-48(45)55-49)54(46)52-43-24-10-8-22-41(43)50(42-23-9-11-25-44(42)52)35-29-30-40-38-20-5-4-18-36(38)37-19-6-7-21-39(37)47(40)32-35/h1-32H. The summed E-state index contributed by atoms with van der Waals surface area (Å²) in [5, 5.41) is 15.0. The van der Waals surface area contributed by atoms with Gasteiger partial charge in [0.05, 0.1) is 0 Å². The van der Waals surface area contributed by atoms with Crippen LogP contribution in [0.15, 0.2) is 194 Å². The lowest BCUT2D eigenvalue weighted by atomic mass is 9.78. The molecule has 0 aliphatic carbocycles. The molecule has 1 aliphatic heterocycles. The molecule has 0 saturated carbocycles. The van der Waals surface area contributed by atoms with Gasteiger partial charge in [-0.25, -0.2) is 0 Å². The van der Waals surface area contributed by atoms with Gasteiger partial charge in [0.25, 0.3) is 0 Å². The minimum atomic E-state index is 0.884. The van der Waals surface area contributed by atoms with Crippen molar-refractivity contribution < 1.29 is 4.74 Å². The summed E-state index contributed by atoms with van der Waals surface area (Å²) in [7, 11) is 0. The Kier molecular flexibility index (Phi) is 6.40. The summed E-state index contributed by atoms with van der Waals surface area (Å²) in [5.74, 6) is 1.78. The van der Waals surface area contributed by atoms with Crippen LogP contribution in [-0.4, -0.2) is 0 Å². The minimum absolute atomic E-state index is 0.884. The topological polar surface area (TPSA) is 9.23 Å². The van der Waals surface area contributed by atoms with Crippen LogP contribution < -0.4 is 4.74 Å². The molecule has 0 N–H and O–H groups in total. The van der Waals surface area contributed by atoms with Crippen molar-refractivity contribution >= 4 is 64.6 Å². The fourth-order valence-electron chi connectivity index (χ4n) is 9.54. The molecule has 12 rings (SSSR count). The predicted molar refractivity (Wildman–Crippen MR) is 233 cm³/mol. The summed E-state index contributed by atoms with van der Waals surface area (Å²) >= 11 is 0. The molecular formula is C54H32O. The van der Waals surface area contributed by atoms with Crippen LogP contribution in [0.1, 0.15) is 0 Å². The fraction of sp³-hybridized carbons (Fsp3) is 0. The third kappa shape index (κ3) is 4.35. The van der Waals surface area contributed by atoms with Gasteiger partial charge in [0.2, 0.25) is 0 Å². The minimum Gasteiger partial charge on any atom is -0.456 e. The fourth-order valence-corrected chi connectivity index (χ4v) is 9.54. The average Bonchev–Trinajstić information content (AvgIpc) is 3.26. The van der Waals surface area contributed by atoms with E-state index in [1.54, 1.807) is 0 Å². The lowest BCUT2D eigenvalue weighted by Gasteiger charge is -2.28. The van der Waals surface area contributed by atoms with Crippen LogP contribution in [0.5, 0.6) is 11.5 Å². The molecular weight excluding hydrogens is 665 g/mol. The Bertz CT molecular complexity index is 3300. The van der Waals surface area contributed by atoms with Crippen LogP contribution in [0.3, 0.4) is 0 Å². The van der Waals surface area contributed by atoms with Gasteiger partial charge in [-0.2, -0.15) is 0 Å². The zero-order valence-corrected chi connectivity index (χ0v) is 29.9. The number of rotatable bonds is 3. The Morgan fingerprint density at radius 1 is 0.255 bits per heavy atom. The molecule has 0 aromatic heterocycles. The second-order valence-corrected chi connectivity index (χ2v) is 14.7.